The molecule has 0 heterocycles. The van der Waals surface area contributed by atoms with Gasteiger partial charge in [0.05, 0.1) is 23.8 Å². The minimum atomic E-state index is -0.879. The third-order valence-electron chi connectivity index (χ3n) is 3.24. The van der Waals surface area contributed by atoms with Crippen molar-refractivity contribution in [2.75, 3.05) is 7.11 Å². The Labute approximate surface area is 162 Å². The van der Waals surface area contributed by atoms with Crippen molar-refractivity contribution < 1.29 is 29.3 Å². The molecule has 144 valence electrons. The van der Waals surface area contributed by atoms with E-state index in [0.717, 1.165) is 0 Å². The van der Waals surface area contributed by atoms with Crippen molar-refractivity contribution in [2.45, 2.75) is 0 Å². The van der Waals surface area contributed by atoms with Crippen LogP contribution in [0.25, 0.3) is 0 Å². The van der Waals surface area contributed by atoms with E-state index in [0.29, 0.717) is 16.7 Å². The predicted molar refractivity (Wildman–Crippen MR) is 105 cm³/mol. The topological polar surface area (TPSA) is 101 Å². The maximum Gasteiger partial charge on any atom is 0.337 e. The third-order valence-corrected chi connectivity index (χ3v) is 3.24. The number of rotatable bonds is 3. The molecule has 0 spiro atoms. The van der Waals surface area contributed by atoms with E-state index >= 15 is 0 Å². The number of hydrogen-bond acceptors (Lipinski definition) is 4. The highest BCUT2D eigenvalue weighted by Crippen LogP contribution is 1.99. The minimum Gasteiger partial charge on any atom is -0.478 e. The van der Waals surface area contributed by atoms with Crippen LogP contribution in [-0.4, -0.2) is 35.2 Å². The minimum absolute atomic E-state index is 0.291. The highest BCUT2D eigenvalue weighted by molar-refractivity contribution is 5.89. The number of benzene rings is 3. The molecule has 0 aromatic heterocycles. The van der Waals surface area contributed by atoms with Gasteiger partial charge in [-0.15, -0.1) is 0 Å². The summed E-state index contributed by atoms with van der Waals surface area (Å²) < 4.78 is 4.50. The average Bonchev–Trinajstić information content (AvgIpc) is 2.76. The fourth-order valence-corrected chi connectivity index (χ4v) is 1.85. The molecule has 0 aliphatic rings. The lowest BCUT2D eigenvalue weighted by Crippen LogP contribution is -1.99. The number of ether oxygens (including phenoxy) is 1. The molecule has 3 aromatic carbocycles. The average molecular weight is 380 g/mol. The monoisotopic (exact) mass is 380 g/mol. The van der Waals surface area contributed by atoms with Crippen LogP contribution in [0.15, 0.2) is 91.0 Å². The molecule has 0 bridgehead atoms. The van der Waals surface area contributed by atoms with E-state index in [4.69, 9.17) is 10.2 Å². The van der Waals surface area contributed by atoms with E-state index in [1.165, 1.54) is 7.11 Å². The first kappa shape index (κ1) is 22.1. The largest absolute Gasteiger partial charge is 0.478 e. The Kier molecular flexibility index (Phi) is 9.81. The van der Waals surface area contributed by atoms with Crippen LogP contribution in [0.4, 0.5) is 0 Å². The number of carbonyl (C=O) groups is 3. The van der Waals surface area contributed by atoms with Crippen LogP contribution >= 0.6 is 0 Å². The molecule has 2 N–H and O–H groups in total. The summed E-state index contributed by atoms with van der Waals surface area (Å²) in [5, 5.41) is 16.8. The van der Waals surface area contributed by atoms with Crippen LogP contribution in [0.1, 0.15) is 31.1 Å². The van der Waals surface area contributed by atoms with Gasteiger partial charge < -0.3 is 14.9 Å². The molecule has 3 rings (SSSR count). The summed E-state index contributed by atoms with van der Waals surface area (Å²) in [6.45, 7) is 0. The molecule has 28 heavy (non-hydrogen) atoms. The quantitative estimate of drug-likeness (QED) is 0.659. The Balaban J connectivity index is 0.000000210. The van der Waals surface area contributed by atoms with E-state index in [9.17, 15) is 14.4 Å². The SMILES string of the molecule is COC(=O)c1ccccc1.O=C(O)c1ccccc1.O=C(O)c1ccccc1. The number of methoxy groups -OCH3 is 1. The molecule has 0 radical (unpaired) electrons. The lowest BCUT2D eigenvalue weighted by atomic mass is 10.2. The molecular formula is C22H20O6. The molecular weight excluding hydrogens is 360 g/mol. The van der Waals surface area contributed by atoms with Crippen molar-refractivity contribution in [1.82, 2.24) is 0 Å². The van der Waals surface area contributed by atoms with Crippen LogP contribution in [0.2, 0.25) is 0 Å². The van der Waals surface area contributed by atoms with Crippen molar-refractivity contribution in [3.63, 3.8) is 0 Å². The Hall–Kier alpha value is -3.93. The maximum atomic E-state index is 10.8. The van der Waals surface area contributed by atoms with Crippen molar-refractivity contribution in [2.24, 2.45) is 0 Å². The zero-order valence-electron chi connectivity index (χ0n) is 15.2. The lowest BCUT2D eigenvalue weighted by molar-refractivity contribution is 0.0599. The van der Waals surface area contributed by atoms with Gasteiger partial charge >= 0.3 is 17.9 Å². The van der Waals surface area contributed by atoms with Gasteiger partial charge in [-0.2, -0.15) is 0 Å². The van der Waals surface area contributed by atoms with Gasteiger partial charge in [0.25, 0.3) is 0 Å². The van der Waals surface area contributed by atoms with Crippen LogP contribution in [0.3, 0.4) is 0 Å². The molecule has 0 amide bonds. The van der Waals surface area contributed by atoms with E-state index in [-0.39, 0.29) is 5.97 Å². The highest BCUT2D eigenvalue weighted by Gasteiger charge is 2.00. The van der Waals surface area contributed by atoms with Crippen LogP contribution in [0.5, 0.6) is 0 Å². The standard InChI is InChI=1S/C8H8O2.2C7H6O2/c1-10-8(9)7-5-3-2-4-6-7;2*8-7(9)6-4-2-1-3-5-6/h2-6H,1H3;2*1-5H,(H,8,9). The second-order valence-electron chi connectivity index (χ2n) is 5.20. The zero-order valence-corrected chi connectivity index (χ0v) is 15.2. The molecule has 0 aliphatic heterocycles. The van der Waals surface area contributed by atoms with Gasteiger partial charge in [0, 0.05) is 0 Å². The van der Waals surface area contributed by atoms with Gasteiger partial charge in [0.1, 0.15) is 0 Å². The Bertz CT molecular complexity index is 812. The van der Waals surface area contributed by atoms with Gasteiger partial charge in [-0.05, 0) is 36.4 Å². The van der Waals surface area contributed by atoms with E-state index in [1.54, 1.807) is 84.9 Å². The number of hydrogen-bond donors (Lipinski definition) is 2. The molecule has 0 saturated carbocycles. The van der Waals surface area contributed by atoms with Crippen molar-refractivity contribution >= 4 is 17.9 Å². The van der Waals surface area contributed by atoms with E-state index in [1.807, 2.05) is 6.07 Å². The summed E-state index contributed by atoms with van der Waals surface area (Å²) in [7, 11) is 1.37. The number of carbonyl (C=O) groups excluding carboxylic acids is 1. The summed E-state index contributed by atoms with van der Waals surface area (Å²) in [6.07, 6.45) is 0. The van der Waals surface area contributed by atoms with Crippen LogP contribution in [-0.2, 0) is 4.74 Å². The molecule has 0 atom stereocenters. The molecule has 3 aromatic rings. The second-order valence-corrected chi connectivity index (χ2v) is 5.20. The van der Waals surface area contributed by atoms with Crippen molar-refractivity contribution in [1.29, 1.82) is 0 Å². The summed E-state index contributed by atoms with van der Waals surface area (Å²) in [5.74, 6) is -2.05. The summed E-state index contributed by atoms with van der Waals surface area (Å²) in [4.78, 5) is 31.2. The molecule has 6 heteroatoms. The molecule has 0 saturated heterocycles. The maximum absolute atomic E-state index is 10.8. The Morgan fingerprint density at radius 1 is 0.571 bits per heavy atom. The second kappa shape index (κ2) is 12.4. The lowest BCUT2D eigenvalue weighted by Gasteiger charge is -1.95. The van der Waals surface area contributed by atoms with Gasteiger partial charge in [-0.3, -0.25) is 0 Å². The molecule has 0 unspecified atom stereocenters. The summed E-state index contributed by atoms with van der Waals surface area (Å²) in [5.41, 5.74) is 1.25. The van der Waals surface area contributed by atoms with E-state index < -0.39 is 11.9 Å². The van der Waals surface area contributed by atoms with Crippen molar-refractivity contribution in [3.8, 4) is 0 Å². The van der Waals surface area contributed by atoms with Gasteiger partial charge in [-0.1, -0.05) is 54.6 Å². The van der Waals surface area contributed by atoms with Crippen molar-refractivity contribution in [3.05, 3.63) is 108 Å². The molecule has 6 nitrogen and oxygen atoms in total. The highest BCUT2D eigenvalue weighted by atomic mass is 16.5. The first-order valence-corrected chi connectivity index (χ1v) is 8.15. The van der Waals surface area contributed by atoms with Gasteiger partial charge in [0.2, 0.25) is 0 Å². The van der Waals surface area contributed by atoms with Gasteiger partial charge in [-0.25, -0.2) is 14.4 Å². The fraction of sp³-hybridized carbons (Fsp3) is 0.0455. The van der Waals surface area contributed by atoms with E-state index in [2.05, 4.69) is 4.74 Å². The van der Waals surface area contributed by atoms with Crippen LogP contribution < -0.4 is 0 Å². The van der Waals surface area contributed by atoms with Crippen LogP contribution in [0, 0.1) is 0 Å². The zero-order chi connectivity index (χ0) is 20.8. The first-order valence-electron chi connectivity index (χ1n) is 8.15. The number of carboxylic acid groups (broad SMARTS) is 2. The first-order chi connectivity index (χ1) is 13.5. The number of carboxylic acids is 2. The smallest absolute Gasteiger partial charge is 0.337 e. The fourth-order valence-electron chi connectivity index (χ4n) is 1.85. The summed E-state index contributed by atoms with van der Waals surface area (Å²) >= 11 is 0. The Morgan fingerprint density at radius 2 is 0.857 bits per heavy atom. The van der Waals surface area contributed by atoms with Gasteiger partial charge in [0.15, 0.2) is 0 Å². The summed E-state index contributed by atoms with van der Waals surface area (Å²) in [6, 6.07) is 25.5. The third kappa shape index (κ3) is 8.44. The number of aromatic carboxylic acids is 2. The number of esters is 1. The predicted octanol–water partition coefficient (Wildman–Crippen LogP) is 4.24. The Morgan fingerprint density at radius 3 is 1.07 bits per heavy atom. The molecule has 0 fully saturated rings. The normalized spacial score (nSPS) is 8.89. The molecule has 0 aliphatic carbocycles.